The smallest absolute Gasteiger partial charge is 0.0905 e. The zero-order chi connectivity index (χ0) is 30.3. The van der Waals surface area contributed by atoms with Crippen molar-refractivity contribution in [3.05, 3.63) is 66.7 Å². The van der Waals surface area contributed by atoms with E-state index in [0.717, 1.165) is 95.8 Å². The molecule has 5 rings (SSSR count). The zero-order valence-electron chi connectivity index (χ0n) is 26.5. The first-order valence-corrected chi connectivity index (χ1v) is 16.7. The van der Waals surface area contributed by atoms with Crippen LogP contribution in [0.1, 0.15) is 119 Å². The van der Waals surface area contributed by atoms with E-state index in [1.165, 1.54) is 44.5 Å². The second kappa shape index (κ2) is 12.4. The molecule has 1 N–H and O–H groups in total. The standard InChI is InChI=1S/C36H44Cl2N4/c1-9-21-26(14-6)36-31(38)35-25(13-5)23(11-3)33(41-35)27(15-7)32-22(10-2)24(12-4)34(40-32)30(37)28-18-17-20(39-28)19-29(21)42(36)16-8/h17-19,40H,9-16H2,1-8H3. The average molecular weight is 604 g/mol. The van der Waals surface area contributed by atoms with Gasteiger partial charge < -0.3 is 9.55 Å². The third-order valence-corrected chi connectivity index (χ3v) is 9.82. The summed E-state index contributed by atoms with van der Waals surface area (Å²) in [4.78, 5) is 14.3. The fourth-order valence-electron chi connectivity index (χ4n) is 7.22. The van der Waals surface area contributed by atoms with Crippen LogP contribution in [-0.4, -0.2) is 19.5 Å². The molecule has 0 aliphatic carbocycles. The molecular formula is C36H44Cl2N4. The van der Waals surface area contributed by atoms with Crippen LogP contribution in [0.25, 0.3) is 45.4 Å². The van der Waals surface area contributed by atoms with Gasteiger partial charge in [0.15, 0.2) is 0 Å². The van der Waals surface area contributed by atoms with Crippen molar-refractivity contribution in [3.8, 4) is 0 Å². The highest BCUT2D eigenvalue weighted by Gasteiger charge is 2.27. The monoisotopic (exact) mass is 602 g/mol. The summed E-state index contributed by atoms with van der Waals surface area (Å²) in [6.45, 7) is 18.6. The molecule has 6 heteroatoms. The van der Waals surface area contributed by atoms with Gasteiger partial charge in [0.25, 0.3) is 0 Å². The summed E-state index contributed by atoms with van der Waals surface area (Å²) in [5.74, 6) is 0. The summed E-state index contributed by atoms with van der Waals surface area (Å²) in [5.41, 5.74) is 17.1. The molecule has 0 fully saturated rings. The molecule has 0 radical (unpaired) electrons. The number of aromatic amines is 1. The lowest BCUT2D eigenvalue weighted by Crippen LogP contribution is -1.96. The summed E-state index contributed by atoms with van der Waals surface area (Å²) >= 11 is 14.8. The Hall–Kier alpha value is -2.82. The highest BCUT2D eigenvalue weighted by molar-refractivity contribution is 6.36. The molecule has 222 valence electrons. The molecule has 0 saturated heterocycles. The Balaban J connectivity index is 2.17. The molecule has 3 aromatic heterocycles. The molecule has 0 unspecified atom stereocenters. The van der Waals surface area contributed by atoms with Gasteiger partial charge in [0, 0.05) is 23.1 Å². The van der Waals surface area contributed by atoms with E-state index in [-0.39, 0.29) is 0 Å². The van der Waals surface area contributed by atoms with E-state index >= 15 is 0 Å². The molecule has 3 aromatic rings. The Labute approximate surface area is 260 Å². The van der Waals surface area contributed by atoms with E-state index < -0.39 is 0 Å². The van der Waals surface area contributed by atoms with Gasteiger partial charge in [0.1, 0.15) is 0 Å². The molecular weight excluding hydrogens is 559 g/mol. The van der Waals surface area contributed by atoms with Crippen LogP contribution in [0.3, 0.4) is 0 Å². The second-order valence-corrected chi connectivity index (χ2v) is 11.8. The van der Waals surface area contributed by atoms with Gasteiger partial charge in [-0.25, -0.2) is 9.97 Å². The maximum atomic E-state index is 7.55. The molecule has 2 aliphatic rings. The SMILES string of the molecule is CCC1=C(CC)c2nc1c(CC)c1[nH]c(c(Cl)c3nc(cc4c(CC)c(CC)c(c2Cl)n4CC)C=C3)c(CC)c1CC. The predicted octanol–water partition coefficient (Wildman–Crippen LogP) is 10.8. The molecule has 5 heterocycles. The molecule has 0 atom stereocenters. The molecule has 42 heavy (non-hydrogen) atoms. The van der Waals surface area contributed by atoms with E-state index in [1.54, 1.807) is 0 Å². The number of rotatable bonds is 8. The molecule has 4 nitrogen and oxygen atoms in total. The molecule has 2 aliphatic heterocycles. The maximum Gasteiger partial charge on any atom is 0.0905 e. The second-order valence-electron chi connectivity index (χ2n) is 11.0. The minimum atomic E-state index is 0.670. The summed E-state index contributed by atoms with van der Waals surface area (Å²) < 4.78 is 2.37. The summed E-state index contributed by atoms with van der Waals surface area (Å²) in [5, 5.41) is 1.43. The van der Waals surface area contributed by atoms with Crippen molar-refractivity contribution in [2.24, 2.45) is 0 Å². The quantitative estimate of drug-likeness (QED) is 0.218. The minimum Gasteiger partial charge on any atom is -0.353 e. The zero-order valence-corrected chi connectivity index (χ0v) is 28.0. The van der Waals surface area contributed by atoms with Gasteiger partial charge in [0.2, 0.25) is 0 Å². The van der Waals surface area contributed by atoms with Crippen molar-refractivity contribution in [1.82, 2.24) is 19.5 Å². The third-order valence-electron chi connectivity index (χ3n) is 9.08. The number of hydrogen-bond donors (Lipinski definition) is 1. The fraction of sp³-hybridized carbons (Fsp3) is 0.444. The van der Waals surface area contributed by atoms with Crippen molar-refractivity contribution in [1.29, 1.82) is 0 Å². The lowest BCUT2D eigenvalue weighted by atomic mass is 9.95. The van der Waals surface area contributed by atoms with Crippen LogP contribution in [0.2, 0.25) is 10.0 Å². The van der Waals surface area contributed by atoms with E-state index in [4.69, 9.17) is 33.2 Å². The van der Waals surface area contributed by atoms with Crippen molar-refractivity contribution in [3.63, 3.8) is 0 Å². The normalized spacial score (nSPS) is 13.1. The first-order chi connectivity index (χ1) is 20.3. The number of aryl methyl sites for hydroxylation is 6. The lowest BCUT2D eigenvalue weighted by molar-refractivity contribution is 0.821. The Bertz CT molecular complexity index is 1780. The van der Waals surface area contributed by atoms with E-state index in [2.05, 4.69) is 77.1 Å². The summed E-state index contributed by atoms with van der Waals surface area (Å²) in [7, 11) is 0. The molecule has 0 saturated carbocycles. The van der Waals surface area contributed by atoms with Gasteiger partial charge in [-0.2, -0.15) is 0 Å². The molecule has 0 spiro atoms. The highest BCUT2D eigenvalue weighted by atomic mass is 35.5. The van der Waals surface area contributed by atoms with E-state index in [9.17, 15) is 0 Å². The van der Waals surface area contributed by atoms with Gasteiger partial charge in [-0.1, -0.05) is 71.7 Å². The summed E-state index contributed by atoms with van der Waals surface area (Å²) in [6, 6.07) is 2.21. The third kappa shape index (κ3) is 4.66. The van der Waals surface area contributed by atoms with Crippen LogP contribution in [0.15, 0.2) is 6.07 Å². The molecule has 8 bridgehead atoms. The minimum absolute atomic E-state index is 0.670. The molecule has 0 amide bonds. The van der Waals surface area contributed by atoms with Crippen LogP contribution < -0.4 is 0 Å². The summed E-state index contributed by atoms with van der Waals surface area (Å²) in [6.07, 6.45) is 10.3. The number of H-pyrrole nitrogens is 1. The molecule has 0 aromatic carbocycles. The number of nitrogens with zero attached hydrogens (tertiary/aromatic N) is 3. The topological polar surface area (TPSA) is 46.5 Å². The Kier molecular flexibility index (Phi) is 9.06. The van der Waals surface area contributed by atoms with Crippen molar-refractivity contribution in [2.75, 3.05) is 0 Å². The largest absolute Gasteiger partial charge is 0.353 e. The van der Waals surface area contributed by atoms with Crippen LogP contribution in [0, 0.1) is 0 Å². The van der Waals surface area contributed by atoms with Crippen molar-refractivity contribution < 1.29 is 0 Å². The number of aromatic nitrogens is 4. The van der Waals surface area contributed by atoms with Crippen LogP contribution in [-0.2, 0) is 38.6 Å². The van der Waals surface area contributed by atoms with Gasteiger partial charge in [0.05, 0.1) is 43.9 Å². The highest BCUT2D eigenvalue weighted by Crippen LogP contribution is 2.43. The average Bonchev–Trinajstić information content (AvgIpc) is 3.77. The van der Waals surface area contributed by atoms with Crippen molar-refractivity contribution >= 4 is 68.6 Å². The Morgan fingerprint density at radius 1 is 0.619 bits per heavy atom. The van der Waals surface area contributed by atoms with Crippen LogP contribution in [0.5, 0.6) is 0 Å². The first kappa shape index (κ1) is 30.6. The number of hydrogen-bond acceptors (Lipinski definition) is 2. The number of halogens is 2. The number of nitrogens with one attached hydrogen (secondary N) is 1. The van der Waals surface area contributed by atoms with Crippen LogP contribution >= 0.6 is 23.2 Å². The van der Waals surface area contributed by atoms with E-state index in [1.807, 2.05) is 6.08 Å². The maximum absolute atomic E-state index is 7.55. The number of allylic oxidation sites excluding steroid dienone is 2. The van der Waals surface area contributed by atoms with Gasteiger partial charge in [-0.15, -0.1) is 0 Å². The van der Waals surface area contributed by atoms with Gasteiger partial charge in [-0.05, 0) is 103 Å². The Morgan fingerprint density at radius 3 is 1.79 bits per heavy atom. The van der Waals surface area contributed by atoms with Crippen molar-refractivity contribution in [2.45, 2.75) is 107 Å². The number of fused-ring (bicyclic) bond motifs is 8. The predicted molar refractivity (Wildman–Crippen MR) is 184 cm³/mol. The van der Waals surface area contributed by atoms with Gasteiger partial charge in [-0.3, -0.25) is 0 Å². The lowest BCUT2D eigenvalue weighted by Gasteiger charge is -2.09. The van der Waals surface area contributed by atoms with Crippen LogP contribution in [0.4, 0.5) is 0 Å². The fourth-order valence-corrected chi connectivity index (χ4v) is 7.85. The Morgan fingerprint density at radius 2 is 1.21 bits per heavy atom. The first-order valence-electron chi connectivity index (χ1n) is 15.9. The van der Waals surface area contributed by atoms with E-state index in [0.29, 0.717) is 5.02 Å². The van der Waals surface area contributed by atoms with Gasteiger partial charge >= 0.3 is 0 Å².